The van der Waals surface area contributed by atoms with E-state index in [2.05, 4.69) is 15.4 Å². The standard InChI is InChI=1S/C19H25F2N3O5/c1-5-28-17(25)16-11(2)22-19(26)23-13(16)10-24(3)9-12-6-7-14(29-18(20)21)15(8-12)27-4/h6-8,11,18H,5,9-10H2,1-4H3,(H2,22,23,26). The molecular weight excluding hydrogens is 388 g/mol. The normalized spacial score (nSPS) is 16.6. The minimum atomic E-state index is -2.95. The molecule has 2 N–H and O–H groups in total. The Hall–Kier alpha value is -2.88. The van der Waals surface area contributed by atoms with E-state index in [4.69, 9.17) is 9.47 Å². The maximum atomic E-state index is 12.5. The molecule has 1 atom stereocenters. The fraction of sp³-hybridized carbons (Fsp3) is 0.474. The Bertz CT molecular complexity index is 785. The predicted octanol–water partition coefficient (Wildman–Crippen LogP) is 2.25. The number of nitrogens with one attached hydrogen (secondary N) is 2. The average Bonchev–Trinajstić information content (AvgIpc) is 2.62. The minimum Gasteiger partial charge on any atom is -0.493 e. The van der Waals surface area contributed by atoms with E-state index < -0.39 is 24.7 Å². The van der Waals surface area contributed by atoms with Crippen molar-refractivity contribution in [1.29, 1.82) is 0 Å². The summed E-state index contributed by atoms with van der Waals surface area (Å²) < 4.78 is 39.5. The van der Waals surface area contributed by atoms with Gasteiger partial charge in [-0.15, -0.1) is 0 Å². The first-order chi connectivity index (χ1) is 13.7. The van der Waals surface area contributed by atoms with E-state index in [0.717, 1.165) is 5.56 Å². The number of hydrogen-bond acceptors (Lipinski definition) is 6. The van der Waals surface area contributed by atoms with Gasteiger partial charge in [-0.05, 0) is 38.6 Å². The number of likely N-dealkylation sites (N-methyl/N-ethyl adjacent to an activating group) is 1. The number of carbonyl (C=O) groups excluding carboxylic acids is 2. The molecule has 0 spiro atoms. The molecule has 1 unspecified atom stereocenters. The van der Waals surface area contributed by atoms with Crippen molar-refractivity contribution >= 4 is 12.0 Å². The van der Waals surface area contributed by atoms with Crippen molar-refractivity contribution in [3.8, 4) is 11.5 Å². The Morgan fingerprint density at radius 1 is 1.28 bits per heavy atom. The van der Waals surface area contributed by atoms with Gasteiger partial charge in [0, 0.05) is 18.8 Å². The van der Waals surface area contributed by atoms with Crippen molar-refractivity contribution in [3.63, 3.8) is 0 Å². The first-order valence-corrected chi connectivity index (χ1v) is 9.03. The molecular formula is C19H25F2N3O5. The van der Waals surface area contributed by atoms with Crippen LogP contribution in [-0.2, 0) is 16.1 Å². The van der Waals surface area contributed by atoms with Gasteiger partial charge < -0.3 is 24.8 Å². The van der Waals surface area contributed by atoms with Crippen molar-refractivity contribution in [2.75, 3.05) is 27.3 Å². The van der Waals surface area contributed by atoms with Crippen LogP contribution in [0.5, 0.6) is 11.5 Å². The van der Waals surface area contributed by atoms with Crippen LogP contribution in [0.2, 0.25) is 0 Å². The fourth-order valence-electron chi connectivity index (χ4n) is 3.05. The number of urea groups is 1. The number of halogens is 2. The highest BCUT2D eigenvalue weighted by Gasteiger charge is 2.30. The molecule has 1 heterocycles. The van der Waals surface area contributed by atoms with Crippen LogP contribution >= 0.6 is 0 Å². The van der Waals surface area contributed by atoms with Crippen molar-refractivity contribution in [2.24, 2.45) is 0 Å². The van der Waals surface area contributed by atoms with Crippen molar-refractivity contribution in [2.45, 2.75) is 33.0 Å². The van der Waals surface area contributed by atoms with Crippen LogP contribution < -0.4 is 20.1 Å². The van der Waals surface area contributed by atoms with Crippen LogP contribution in [0.15, 0.2) is 29.5 Å². The SMILES string of the molecule is CCOC(=O)C1=C(CN(C)Cc2ccc(OC(F)F)c(OC)c2)NC(=O)NC1C. The lowest BCUT2D eigenvalue weighted by atomic mass is 10.0. The van der Waals surface area contributed by atoms with E-state index in [0.29, 0.717) is 17.8 Å². The Morgan fingerprint density at radius 3 is 2.62 bits per heavy atom. The number of ether oxygens (including phenoxy) is 3. The Kier molecular flexibility index (Phi) is 7.77. The summed E-state index contributed by atoms with van der Waals surface area (Å²) in [4.78, 5) is 26.0. The number of alkyl halides is 2. The molecule has 10 heteroatoms. The number of hydrogen-bond donors (Lipinski definition) is 2. The maximum absolute atomic E-state index is 12.5. The van der Waals surface area contributed by atoms with E-state index in [-0.39, 0.29) is 24.7 Å². The lowest BCUT2D eigenvalue weighted by Crippen LogP contribution is -2.51. The van der Waals surface area contributed by atoms with Crippen molar-refractivity contribution in [3.05, 3.63) is 35.0 Å². The van der Waals surface area contributed by atoms with Crippen molar-refractivity contribution in [1.82, 2.24) is 15.5 Å². The molecule has 1 aromatic carbocycles. The third-order valence-electron chi connectivity index (χ3n) is 4.19. The second kappa shape index (κ2) is 10.1. The van der Waals surface area contributed by atoms with Gasteiger partial charge in [0.1, 0.15) is 0 Å². The number of amides is 2. The van der Waals surface area contributed by atoms with Gasteiger partial charge in [0.15, 0.2) is 11.5 Å². The van der Waals surface area contributed by atoms with E-state index in [1.807, 2.05) is 4.90 Å². The largest absolute Gasteiger partial charge is 0.493 e. The van der Waals surface area contributed by atoms with Crippen LogP contribution in [0.3, 0.4) is 0 Å². The van der Waals surface area contributed by atoms with Gasteiger partial charge in [-0.25, -0.2) is 9.59 Å². The molecule has 0 fully saturated rings. The lowest BCUT2D eigenvalue weighted by Gasteiger charge is -2.29. The number of rotatable bonds is 9. The van der Waals surface area contributed by atoms with Crippen LogP contribution in [0.1, 0.15) is 19.4 Å². The molecule has 2 amide bonds. The van der Waals surface area contributed by atoms with Crippen molar-refractivity contribution < 1.29 is 32.6 Å². The fourth-order valence-corrected chi connectivity index (χ4v) is 3.05. The summed E-state index contributed by atoms with van der Waals surface area (Å²) in [5.74, 6) is -0.363. The second-order valence-electron chi connectivity index (χ2n) is 6.47. The first kappa shape index (κ1) is 22.4. The van der Waals surface area contributed by atoms with Gasteiger partial charge in [-0.1, -0.05) is 6.07 Å². The molecule has 0 saturated heterocycles. The summed E-state index contributed by atoms with van der Waals surface area (Å²) in [5.41, 5.74) is 1.58. The summed E-state index contributed by atoms with van der Waals surface area (Å²) >= 11 is 0. The Labute approximate surface area is 167 Å². The highest BCUT2D eigenvalue weighted by Crippen LogP contribution is 2.30. The van der Waals surface area contributed by atoms with Gasteiger partial charge >= 0.3 is 18.6 Å². The van der Waals surface area contributed by atoms with E-state index in [9.17, 15) is 18.4 Å². The number of carbonyl (C=O) groups is 2. The van der Waals surface area contributed by atoms with Gasteiger partial charge in [0.05, 0.1) is 25.3 Å². The molecule has 0 bridgehead atoms. The van der Waals surface area contributed by atoms with Crippen LogP contribution in [-0.4, -0.2) is 56.9 Å². The summed E-state index contributed by atoms with van der Waals surface area (Å²) in [5, 5.41) is 5.30. The monoisotopic (exact) mass is 413 g/mol. The molecule has 1 aromatic rings. The van der Waals surface area contributed by atoms with Crippen LogP contribution in [0.4, 0.5) is 13.6 Å². The number of benzene rings is 1. The molecule has 1 aliphatic heterocycles. The maximum Gasteiger partial charge on any atom is 0.387 e. The number of esters is 1. The molecule has 0 aliphatic carbocycles. The Morgan fingerprint density at radius 2 is 2.00 bits per heavy atom. The smallest absolute Gasteiger partial charge is 0.387 e. The predicted molar refractivity (Wildman–Crippen MR) is 101 cm³/mol. The van der Waals surface area contributed by atoms with Gasteiger partial charge in [-0.3, -0.25) is 4.90 Å². The average molecular weight is 413 g/mol. The van der Waals surface area contributed by atoms with E-state index in [1.165, 1.54) is 13.2 Å². The molecule has 29 heavy (non-hydrogen) atoms. The molecule has 0 radical (unpaired) electrons. The first-order valence-electron chi connectivity index (χ1n) is 9.03. The van der Waals surface area contributed by atoms with Gasteiger partial charge in [-0.2, -0.15) is 8.78 Å². The summed E-state index contributed by atoms with van der Waals surface area (Å²) in [6, 6.07) is 3.76. The lowest BCUT2D eigenvalue weighted by molar-refractivity contribution is -0.139. The quantitative estimate of drug-likeness (QED) is 0.604. The second-order valence-corrected chi connectivity index (χ2v) is 6.47. The number of methoxy groups -OCH3 is 1. The van der Waals surface area contributed by atoms with Gasteiger partial charge in [0.2, 0.25) is 0 Å². The molecule has 160 valence electrons. The minimum absolute atomic E-state index is 0.0550. The zero-order valence-electron chi connectivity index (χ0n) is 16.8. The zero-order valence-corrected chi connectivity index (χ0v) is 16.8. The zero-order chi connectivity index (χ0) is 21.6. The Balaban J connectivity index is 2.17. The van der Waals surface area contributed by atoms with E-state index >= 15 is 0 Å². The molecule has 0 aromatic heterocycles. The molecule has 8 nitrogen and oxygen atoms in total. The topological polar surface area (TPSA) is 89.1 Å². The van der Waals surface area contributed by atoms with E-state index in [1.54, 1.807) is 33.0 Å². The summed E-state index contributed by atoms with van der Waals surface area (Å²) in [7, 11) is 3.16. The highest BCUT2D eigenvalue weighted by atomic mass is 19.3. The molecule has 0 saturated carbocycles. The summed E-state index contributed by atoms with van der Waals surface area (Å²) in [6.07, 6.45) is 0. The summed E-state index contributed by atoms with van der Waals surface area (Å²) in [6.45, 7) is 1.36. The van der Waals surface area contributed by atoms with Crippen LogP contribution in [0.25, 0.3) is 0 Å². The number of nitrogens with zero attached hydrogens (tertiary/aromatic N) is 1. The molecule has 2 rings (SSSR count). The third-order valence-corrected chi connectivity index (χ3v) is 4.19. The highest BCUT2D eigenvalue weighted by molar-refractivity contribution is 5.94. The third kappa shape index (κ3) is 6.05. The van der Waals surface area contributed by atoms with Gasteiger partial charge in [0.25, 0.3) is 0 Å². The van der Waals surface area contributed by atoms with Crippen LogP contribution in [0, 0.1) is 0 Å². The molecule has 1 aliphatic rings.